The Morgan fingerprint density at radius 2 is 1.92 bits per heavy atom. The Balaban J connectivity index is 0.00000243. The number of amides is 1. The van der Waals surface area contributed by atoms with Gasteiger partial charge in [-0.05, 0) is 38.1 Å². The summed E-state index contributed by atoms with van der Waals surface area (Å²) in [5.41, 5.74) is 1.22. The second kappa shape index (κ2) is 7.81. The molecule has 0 radical (unpaired) electrons. The first kappa shape index (κ1) is 20.5. The lowest BCUT2D eigenvalue weighted by molar-refractivity contribution is -0.124. The van der Waals surface area contributed by atoms with Crippen LogP contribution in [0.3, 0.4) is 0 Å². The third-order valence-corrected chi connectivity index (χ3v) is 6.85. The minimum absolute atomic E-state index is 0. The number of carbonyl (C=O) groups is 1. The summed E-state index contributed by atoms with van der Waals surface area (Å²) < 4.78 is 24.6. The maximum Gasteiger partial charge on any atom is 0.326 e. The zero-order valence-electron chi connectivity index (χ0n) is 14.4. The van der Waals surface area contributed by atoms with Gasteiger partial charge in [0.15, 0.2) is 14.6 Å². The van der Waals surface area contributed by atoms with E-state index in [-0.39, 0.29) is 44.0 Å². The van der Waals surface area contributed by atoms with Gasteiger partial charge >= 0.3 is 5.69 Å². The number of carbonyl (C=O) groups excluding carboxylic acids is 1. The number of para-hydroxylation sites is 2. The number of imidazole rings is 1. The van der Waals surface area contributed by atoms with Crippen molar-refractivity contribution in [3.05, 3.63) is 34.7 Å². The number of aromatic amines is 1. The second-order valence-electron chi connectivity index (χ2n) is 6.37. The molecule has 3 rings (SSSR count). The van der Waals surface area contributed by atoms with E-state index in [2.05, 4.69) is 15.6 Å². The maximum absolute atomic E-state index is 12.6. The predicted molar refractivity (Wildman–Crippen MR) is 102 cm³/mol. The molecule has 3 N–H and O–H groups in total. The zero-order valence-corrected chi connectivity index (χ0v) is 16.1. The molecule has 0 spiro atoms. The molecule has 0 unspecified atom stereocenters. The first-order valence-electron chi connectivity index (χ1n) is 8.21. The Labute approximate surface area is 157 Å². The van der Waals surface area contributed by atoms with Gasteiger partial charge in [-0.25, -0.2) is 13.2 Å². The predicted octanol–water partition coefficient (Wildman–Crippen LogP) is 0.0344. The van der Waals surface area contributed by atoms with E-state index in [1.807, 2.05) is 18.2 Å². The highest BCUT2D eigenvalue weighted by Gasteiger charge is 2.48. The molecule has 10 heteroatoms. The van der Waals surface area contributed by atoms with E-state index in [1.165, 1.54) is 4.57 Å². The van der Waals surface area contributed by atoms with E-state index in [0.29, 0.717) is 13.1 Å². The molecule has 1 aromatic heterocycles. The SMILES string of the molecule is CS(=O)(=O)C1(C(=O)NCCn2c(=O)[nH]c3ccccc32)CCNCC1.Cl. The third-order valence-electron chi connectivity index (χ3n) is 4.84. The van der Waals surface area contributed by atoms with Crippen LogP contribution >= 0.6 is 12.4 Å². The van der Waals surface area contributed by atoms with Crippen molar-refractivity contribution in [1.82, 2.24) is 20.2 Å². The Kier molecular flexibility index (Phi) is 6.15. The smallest absolute Gasteiger partial charge is 0.326 e. The summed E-state index contributed by atoms with van der Waals surface area (Å²) in [7, 11) is -3.54. The standard InChI is InChI=1S/C16H22N4O4S.ClH/c1-25(23,24)16(6-8-17-9-7-16)14(21)18-10-11-20-13-5-3-2-4-12(13)19-15(20)22;/h2-5,17H,6-11H2,1H3,(H,18,21)(H,19,22);1H. The maximum atomic E-state index is 12.6. The zero-order chi connectivity index (χ0) is 18.1. The van der Waals surface area contributed by atoms with Gasteiger partial charge in [0, 0.05) is 19.3 Å². The van der Waals surface area contributed by atoms with Crippen molar-refractivity contribution < 1.29 is 13.2 Å². The lowest BCUT2D eigenvalue weighted by atomic mass is 9.96. The van der Waals surface area contributed by atoms with Gasteiger partial charge < -0.3 is 15.6 Å². The Morgan fingerprint density at radius 3 is 2.58 bits per heavy atom. The van der Waals surface area contributed by atoms with Crippen LogP contribution in [0.25, 0.3) is 11.0 Å². The second-order valence-corrected chi connectivity index (χ2v) is 8.70. The van der Waals surface area contributed by atoms with E-state index < -0.39 is 20.5 Å². The number of sulfone groups is 1. The molecule has 26 heavy (non-hydrogen) atoms. The lowest BCUT2D eigenvalue weighted by Crippen LogP contribution is -2.57. The normalized spacial score (nSPS) is 16.8. The van der Waals surface area contributed by atoms with Gasteiger partial charge in [-0.1, -0.05) is 12.1 Å². The molecular weight excluding hydrogens is 380 g/mol. The molecular formula is C16H23ClN4O4S. The summed E-state index contributed by atoms with van der Waals surface area (Å²) in [6, 6.07) is 7.29. The highest BCUT2D eigenvalue weighted by molar-refractivity contribution is 7.92. The van der Waals surface area contributed by atoms with E-state index >= 15 is 0 Å². The van der Waals surface area contributed by atoms with Crippen LogP contribution in [0.4, 0.5) is 0 Å². The van der Waals surface area contributed by atoms with Gasteiger partial charge in [-0.2, -0.15) is 0 Å². The summed E-state index contributed by atoms with van der Waals surface area (Å²) in [5.74, 6) is -0.482. The molecule has 8 nitrogen and oxygen atoms in total. The largest absolute Gasteiger partial charge is 0.353 e. The molecule has 1 saturated heterocycles. The summed E-state index contributed by atoms with van der Waals surface area (Å²) in [4.78, 5) is 27.4. The van der Waals surface area contributed by atoms with E-state index in [1.54, 1.807) is 6.07 Å². The fraction of sp³-hybridized carbons (Fsp3) is 0.500. The molecule has 2 aromatic rings. The molecule has 0 bridgehead atoms. The first-order valence-corrected chi connectivity index (χ1v) is 10.1. The van der Waals surface area contributed by atoms with Crippen LogP contribution in [-0.2, 0) is 21.2 Å². The monoisotopic (exact) mass is 402 g/mol. The van der Waals surface area contributed by atoms with Crippen molar-refractivity contribution in [2.75, 3.05) is 25.9 Å². The molecule has 2 heterocycles. The fourth-order valence-corrected chi connectivity index (χ4v) is 4.72. The van der Waals surface area contributed by atoms with Crippen molar-refractivity contribution in [3.63, 3.8) is 0 Å². The molecule has 1 aliphatic heterocycles. The molecule has 144 valence electrons. The summed E-state index contributed by atoms with van der Waals surface area (Å²) in [6.45, 7) is 1.43. The Bertz CT molecular complexity index is 945. The quantitative estimate of drug-likeness (QED) is 0.653. The van der Waals surface area contributed by atoms with Crippen molar-refractivity contribution in [3.8, 4) is 0 Å². The Hall–Kier alpha value is -1.84. The van der Waals surface area contributed by atoms with Crippen molar-refractivity contribution >= 4 is 39.2 Å². The van der Waals surface area contributed by atoms with Gasteiger partial charge in [-0.3, -0.25) is 9.36 Å². The number of rotatable bonds is 5. The average molecular weight is 403 g/mol. The van der Waals surface area contributed by atoms with Crippen LogP contribution in [0.5, 0.6) is 0 Å². The number of H-pyrrole nitrogens is 1. The number of nitrogens with zero attached hydrogens (tertiary/aromatic N) is 1. The molecule has 0 saturated carbocycles. The fourth-order valence-electron chi connectivity index (χ4n) is 3.37. The van der Waals surface area contributed by atoms with Crippen molar-refractivity contribution in [1.29, 1.82) is 0 Å². The number of hydrogen-bond donors (Lipinski definition) is 3. The van der Waals surface area contributed by atoms with E-state index in [9.17, 15) is 18.0 Å². The van der Waals surface area contributed by atoms with Gasteiger partial charge in [0.25, 0.3) is 0 Å². The number of piperidine rings is 1. The third kappa shape index (κ3) is 3.65. The van der Waals surface area contributed by atoms with Crippen LogP contribution in [0.15, 0.2) is 29.1 Å². The minimum atomic E-state index is -3.54. The molecule has 1 aromatic carbocycles. The average Bonchev–Trinajstić information content (AvgIpc) is 2.90. The number of hydrogen-bond acceptors (Lipinski definition) is 5. The highest BCUT2D eigenvalue weighted by atomic mass is 35.5. The molecule has 1 aliphatic rings. The van der Waals surface area contributed by atoms with Crippen LogP contribution in [0, 0.1) is 0 Å². The molecule has 0 atom stereocenters. The van der Waals surface area contributed by atoms with Crippen LogP contribution in [0.1, 0.15) is 12.8 Å². The number of benzene rings is 1. The number of nitrogens with one attached hydrogen (secondary N) is 3. The van der Waals surface area contributed by atoms with Gasteiger partial charge in [0.05, 0.1) is 11.0 Å². The molecule has 1 amide bonds. The summed E-state index contributed by atoms with van der Waals surface area (Å²) in [5, 5.41) is 5.79. The van der Waals surface area contributed by atoms with Crippen molar-refractivity contribution in [2.45, 2.75) is 24.1 Å². The minimum Gasteiger partial charge on any atom is -0.353 e. The molecule has 1 fully saturated rings. The topological polar surface area (TPSA) is 113 Å². The summed E-state index contributed by atoms with van der Waals surface area (Å²) >= 11 is 0. The van der Waals surface area contributed by atoms with Gasteiger partial charge in [0.2, 0.25) is 5.91 Å². The number of halogens is 1. The van der Waals surface area contributed by atoms with E-state index in [4.69, 9.17) is 0 Å². The van der Waals surface area contributed by atoms with E-state index in [0.717, 1.165) is 17.3 Å². The van der Waals surface area contributed by atoms with Crippen LogP contribution in [0.2, 0.25) is 0 Å². The van der Waals surface area contributed by atoms with Crippen molar-refractivity contribution in [2.24, 2.45) is 0 Å². The van der Waals surface area contributed by atoms with Gasteiger partial charge in [-0.15, -0.1) is 12.4 Å². The lowest BCUT2D eigenvalue weighted by Gasteiger charge is -2.34. The van der Waals surface area contributed by atoms with Crippen LogP contribution < -0.4 is 16.3 Å². The first-order chi connectivity index (χ1) is 11.8. The summed E-state index contributed by atoms with van der Waals surface area (Å²) in [6.07, 6.45) is 1.62. The highest BCUT2D eigenvalue weighted by Crippen LogP contribution is 2.27. The van der Waals surface area contributed by atoms with Crippen LogP contribution in [-0.4, -0.2) is 54.5 Å². The van der Waals surface area contributed by atoms with Gasteiger partial charge in [0.1, 0.15) is 0 Å². The molecule has 0 aliphatic carbocycles. The Morgan fingerprint density at radius 1 is 1.27 bits per heavy atom. The number of aromatic nitrogens is 2. The number of fused-ring (bicyclic) bond motifs is 1.